The number of rotatable bonds is 4. The second-order valence-electron chi connectivity index (χ2n) is 12.4. The summed E-state index contributed by atoms with van der Waals surface area (Å²) < 4.78 is 6.59. The number of nitrogens with zero attached hydrogens (tertiary/aromatic N) is 3. The normalized spacial score (nSPS) is 11.7. The van der Waals surface area contributed by atoms with E-state index in [-0.39, 0.29) is 0 Å². The second-order valence-corrected chi connectivity index (χ2v) is 12.4. The number of para-hydroxylation sites is 1. The number of aromatic nitrogens is 3. The molecule has 0 spiro atoms. The molecule has 49 heavy (non-hydrogen) atoms. The van der Waals surface area contributed by atoms with Crippen LogP contribution < -0.4 is 0 Å². The Morgan fingerprint density at radius 3 is 1.71 bits per heavy atom. The molecule has 0 radical (unpaired) electrons. The Balaban J connectivity index is 1.30. The summed E-state index contributed by atoms with van der Waals surface area (Å²) in [6.07, 6.45) is 0. The standard InChI is InChI=1S/C45H27N3O/c1-3-13-30(14-4-1)43-46-44(31-15-5-2-6-16-31)48-45(47-43)38-26-32(27-40-42(38)37-19-9-10-21-39(37)49-40)34-20-11-17-29-23-24-35-33-18-8-7-12-28(33)22-25-36(35)41(29)34/h1-27H. The van der Waals surface area contributed by atoms with E-state index in [9.17, 15) is 0 Å². The van der Waals surface area contributed by atoms with E-state index in [0.29, 0.717) is 17.5 Å². The third kappa shape index (κ3) is 4.49. The molecular weight excluding hydrogens is 599 g/mol. The maximum absolute atomic E-state index is 6.59. The van der Waals surface area contributed by atoms with E-state index in [1.165, 1.54) is 32.3 Å². The molecule has 4 nitrogen and oxygen atoms in total. The minimum atomic E-state index is 0.599. The third-order valence-electron chi connectivity index (χ3n) is 9.50. The summed E-state index contributed by atoms with van der Waals surface area (Å²) in [6.45, 7) is 0. The monoisotopic (exact) mass is 625 g/mol. The van der Waals surface area contributed by atoms with E-state index in [1.807, 2.05) is 78.9 Å². The van der Waals surface area contributed by atoms with Gasteiger partial charge >= 0.3 is 0 Å². The summed E-state index contributed by atoms with van der Waals surface area (Å²) in [4.78, 5) is 15.3. The number of benzene rings is 8. The fourth-order valence-corrected chi connectivity index (χ4v) is 7.23. The zero-order chi connectivity index (χ0) is 32.3. The molecule has 4 heteroatoms. The van der Waals surface area contributed by atoms with Crippen molar-refractivity contribution in [1.82, 2.24) is 15.0 Å². The Hall–Kier alpha value is -6.65. The van der Waals surface area contributed by atoms with Gasteiger partial charge in [-0.05, 0) is 61.6 Å². The van der Waals surface area contributed by atoms with Crippen molar-refractivity contribution >= 4 is 54.3 Å². The lowest BCUT2D eigenvalue weighted by molar-refractivity contribution is 0.669. The van der Waals surface area contributed by atoms with Crippen LogP contribution in [-0.2, 0) is 0 Å². The molecule has 0 aliphatic carbocycles. The van der Waals surface area contributed by atoms with Crippen LogP contribution in [0.5, 0.6) is 0 Å². The van der Waals surface area contributed by atoms with Crippen molar-refractivity contribution in [1.29, 1.82) is 0 Å². The third-order valence-corrected chi connectivity index (χ3v) is 9.50. The van der Waals surface area contributed by atoms with Crippen molar-refractivity contribution in [3.63, 3.8) is 0 Å². The number of hydrogen-bond donors (Lipinski definition) is 0. The fraction of sp³-hybridized carbons (Fsp3) is 0. The van der Waals surface area contributed by atoms with Gasteiger partial charge in [-0.1, -0.05) is 146 Å². The molecule has 0 aliphatic rings. The van der Waals surface area contributed by atoms with Gasteiger partial charge in [0.05, 0.1) is 0 Å². The van der Waals surface area contributed by atoms with Crippen LogP contribution in [0.4, 0.5) is 0 Å². The number of furan rings is 1. The molecule has 8 aromatic carbocycles. The summed E-state index contributed by atoms with van der Waals surface area (Å²) in [7, 11) is 0. The average Bonchev–Trinajstić information content (AvgIpc) is 3.56. The summed E-state index contributed by atoms with van der Waals surface area (Å²) in [5, 5.41) is 9.34. The van der Waals surface area contributed by atoms with Crippen molar-refractivity contribution in [2.24, 2.45) is 0 Å². The zero-order valence-electron chi connectivity index (χ0n) is 26.3. The van der Waals surface area contributed by atoms with Crippen LogP contribution in [0.3, 0.4) is 0 Å². The van der Waals surface area contributed by atoms with Gasteiger partial charge in [0.25, 0.3) is 0 Å². The van der Waals surface area contributed by atoms with Crippen molar-refractivity contribution in [3.05, 3.63) is 164 Å². The van der Waals surface area contributed by atoms with Gasteiger partial charge in [0.2, 0.25) is 0 Å². The van der Waals surface area contributed by atoms with Gasteiger partial charge in [0, 0.05) is 27.5 Å². The van der Waals surface area contributed by atoms with E-state index in [1.54, 1.807) is 0 Å². The molecule has 228 valence electrons. The van der Waals surface area contributed by atoms with Gasteiger partial charge in [-0.3, -0.25) is 0 Å². The van der Waals surface area contributed by atoms with Gasteiger partial charge in [-0.2, -0.15) is 0 Å². The van der Waals surface area contributed by atoms with E-state index < -0.39 is 0 Å². The first-order valence-electron chi connectivity index (χ1n) is 16.4. The van der Waals surface area contributed by atoms with Gasteiger partial charge in [-0.25, -0.2) is 15.0 Å². The first-order chi connectivity index (χ1) is 24.3. The predicted molar refractivity (Wildman–Crippen MR) is 201 cm³/mol. The van der Waals surface area contributed by atoms with Crippen LogP contribution >= 0.6 is 0 Å². The average molecular weight is 626 g/mol. The fourth-order valence-electron chi connectivity index (χ4n) is 7.23. The minimum absolute atomic E-state index is 0.599. The Kier molecular flexibility index (Phi) is 6.15. The molecule has 0 bridgehead atoms. The Bertz CT molecular complexity index is 2820. The van der Waals surface area contributed by atoms with Crippen LogP contribution in [0.1, 0.15) is 0 Å². The largest absolute Gasteiger partial charge is 0.456 e. The summed E-state index contributed by atoms with van der Waals surface area (Å²) in [5.41, 5.74) is 6.54. The SMILES string of the molecule is c1ccc(-c2nc(-c3ccccc3)nc(-c3cc(-c4cccc5ccc6c7ccccc7ccc6c45)cc4oc5ccccc5c34)n2)cc1. The molecule has 0 saturated carbocycles. The van der Waals surface area contributed by atoms with Gasteiger partial charge in [0.1, 0.15) is 11.2 Å². The quantitative estimate of drug-likeness (QED) is 0.183. The molecule has 10 rings (SSSR count). The molecule has 0 unspecified atom stereocenters. The van der Waals surface area contributed by atoms with Crippen LogP contribution in [0, 0.1) is 0 Å². The molecule has 0 atom stereocenters. The smallest absolute Gasteiger partial charge is 0.164 e. The maximum atomic E-state index is 6.59. The lowest BCUT2D eigenvalue weighted by Gasteiger charge is -2.14. The highest BCUT2D eigenvalue weighted by atomic mass is 16.3. The summed E-state index contributed by atoms with van der Waals surface area (Å²) in [5.74, 6) is 1.85. The van der Waals surface area contributed by atoms with Gasteiger partial charge < -0.3 is 4.42 Å². The molecule has 0 saturated heterocycles. The van der Waals surface area contributed by atoms with Crippen molar-refractivity contribution in [2.75, 3.05) is 0 Å². The number of hydrogen-bond acceptors (Lipinski definition) is 4. The van der Waals surface area contributed by atoms with Gasteiger partial charge in [0.15, 0.2) is 17.5 Å². The van der Waals surface area contributed by atoms with Crippen molar-refractivity contribution in [2.45, 2.75) is 0 Å². The molecule has 10 aromatic rings. The molecule has 2 heterocycles. The van der Waals surface area contributed by atoms with Crippen LogP contribution in [0.2, 0.25) is 0 Å². The topological polar surface area (TPSA) is 51.8 Å². The first kappa shape index (κ1) is 27.5. The molecule has 0 aliphatic heterocycles. The van der Waals surface area contributed by atoms with E-state index in [4.69, 9.17) is 19.4 Å². The van der Waals surface area contributed by atoms with Crippen LogP contribution in [-0.4, -0.2) is 15.0 Å². The summed E-state index contributed by atoms with van der Waals surface area (Å²) >= 11 is 0. The Labute approximate surface area is 282 Å². The Morgan fingerprint density at radius 1 is 0.327 bits per heavy atom. The number of fused-ring (bicyclic) bond motifs is 8. The predicted octanol–water partition coefficient (Wildman–Crippen LogP) is 11.9. The van der Waals surface area contributed by atoms with Crippen molar-refractivity contribution in [3.8, 4) is 45.3 Å². The van der Waals surface area contributed by atoms with E-state index in [0.717, 1.165) is 49.8 Å². The summed E-state index contributed by atoms with van der Waals surface area (Å²) in [6, 6.07) is 56.9. The zero-order valence-corrected chi connectivity index (χ0v) is 26.3. The highest BCUT2D eigenvalue weighted by Crippen LogP contribution is 2.43. The minimum Gasteiger partial charge on any atom is -0.456 e. The van der Waals surface area contributed by atoms with Crippen LogP contribution in [0.15, 0.2) is 168 Å². The lowest BCUT2D eigenvalue weighted by Crippen LogP contribution is -2.00. The molecule has 0 amide bonds. The first-order valence-corrected chi connectivity index (χ1v) is 16.4. The van der Waals surface area contributed by atoms with Crippen LogP contribution in [0.25, 0.3) is 99.5 Å². The second kappa shape index (κ2) is 11.0. The molecule has 0 fully saturated rings. The molecule has 2 aromatic heterocycles. The van der Waals surface area contributed by atoms with E-state index in [2.05, 4.69) is 84.9 Å². The highest BCUT2D eigenvalue weighted by Gasteiger charge is 2.20. The highest BCUT2D eigenvalue weighted by molar-refractivity contribution is 6.22. The molecule has 0 N–H and O–H groups in total. The van der Waals surface area contributed by atoms with Crippen molar-refractivity contribution < 1.29 is 4.42 Å². The molecular formula is C45H27N3O. The lowest BCUT2D eigenvalue weighted by atomic mass is 9.90. The maximum Gasteiger partial charge on any atom is 0.164 e. The van der Waals surface area contributed by atoms with Gasteiger partial charge in [-0.15, -0.1) is 0 Å². The van der Waals surface area contributed by atoms with E-state index >= 15 is 0 Å². The Morgan fingerprint density at radius 2 is 0.939 bits per heavy atom.